The monoisotopic (exact) mass is 369 g/mol. The minimum atomic E-state index is -0.308. The number of piperidine rings is 1. The Kier molecular flexibility index (Phi) is 4.47. The standard InChI is InChI=1S/C19H20FN5O2/c1-12-17(13(2)25(22-12)16-7-5-15(20)6-8-16)19(26)24-9-3-4-14(10-24)18-21-11-27-23-18/h5-8,11,14H,3-4,9-10H2,1-2H3/t14-/m1/s1. The van der Waals surface area contributed by atoms with Gasteiger partial charge in [-0.15, -0.1) is 0 Å². The number of carbonyl (C=O) groups is 1. The maximum absolute atomic E-state index is 13.2. The molecule has 1 aliphatic rings. The lowest BCUT2D eigenvalue weighted by Crippen LogP contribution is -2.39. The molecule has 1 atom stereocenters. The molecule has 140 valence electrons. The van der Waals surface area contributed by atoms with E-state index in [9.17, 15) is 9.18 Å². The first-order valence-electron chi connectivity index (χ1n) is 8.92. The van der Waals surface area contributed by atoms with Crippen molar-refractivity contribution in [3.05, 3.63) is 59.3 Å². The topological polar surface area (TPSA) is 77.0 Å². The van der Waals surface area contributed by atoms with Crippen LogP contribution in [0.3, 0.4) is 0 Å². The average molecular weight is 369 g/mol. The minimum absolute atomic E-state index is 0.0495. The first-order valence-corrected chi connectivity index (χ1v) is 8.92. The number of amides is 1. The van der Waals surface area contributed by atoms with E-state index in [0.717, 1.165) is 24.2 Å². The van der Waals surface area contributed by atoms with Gasteiger partial charge in [0.1, 0.15) is 5.82 Å². The zero-order valence-electron chi connectivity index (χ0n) is 15.2. The number of likely N-dealkylation sites (tertiary alicyclic amines) is 1. The Hall–Kier alpha value is -3.03. The van der Waals surface area contributed by atoms with Crippen molar-refractivity contribution in [1.82, 2.24) is 24.8 Å². The molecule has 0 unspecified atom stereocenters. The highest BCUT2D eigenvalue weighted by Gasteiger charge is 2.30. The predicted molar refractivity (Wildman–Crippen MR) is 95.2 cm³/mol. The van der Waals surface area contributed by atoms with Gasteiger partial charge in [-0.2, -0.15) is 10.1 Å². The van der Waals surface area contributed by atoms with Crippen molar-refractivity contribution in [3.8, 4) is 5.69 Å². The maximum atomic E-state index is 13.2. The van der Waals surface area contributed by atoms with Crippen molar-refractivity contribution in [2.45, 2.75) is 32.6 Å². The summed E-state index contributed by atoms with van der Waals surface area (Å²) >= 11 is 0. The zero-order valence-corrected chi connectivity index (χ0v) is 15.2. The zero-order chi connectivity index (χ0) is 19.0. The van der Waals surface area contributed by atoms with Gasteiger partial charge in [0.2, 0.25) is 6.39 Å². The second-order valence-corrected chi connectivity index (χ2v) is 6.81. The lowest BCUT2D eigenvalue weighted by atomic mass is 9.96. The van der Waals surface area contributed by atoms with E-state index < -0.39 is 0 Å². The molecule has 27 heavy (non-hydrogen) atoms. The van der Waals surface area contributed by atoms with E-state index in [1.807, 2.05) is 18.7 Å². The number of benzene rings is 1. The van der Waals surface area contributed by atoms with E-state index in [4.69, 9.17) is 4.52 Å². The van der Waals surface area contributed by atoms with E-state index in [2.05, 4.69) is 15.2 Å². The highest BCUT2D eigenvalue weighted by atomic mass is 19.1. The van der Waals surface area contributed by atoms with Gasteiger partial charge in [-0.3, -0.25) is 4.79 Å². The summed E-state index contributed by atoms with van der Waals surface area (Å²) < 4.78 is 19.7. The lowest BCUT2D eigenvalue weighted by molar-refractivity contribution is 0.0702. The van der Waals surface area contributed by atoms with Crippen LogP contribution < -0.4 is 0 Å². The molecular weight excluding hydrogens is 349 g/mol. The van der Waals surface area contributed by atoms with Crippen molar-refractivity contribution in [2.24, 2.45) is 0 Å². The molecule has 1 amide bonds. The molecular formula is C19H20FN5O2. The second-order valence-electron chi connectivity index (χ2n) is 6.81. The molecule has 2 aromatic heterocycles. The first-order chi connectivity index (χ1) is 13.0. The van der Waals surface area contributed by atoms with Gasteiger partial charge >= 0.3 is 0 Å². The Labute approximate surface area is 155 Å². The first kappa shape index (κ1) is 17.4. The van der Waals surface area contributed by atoms with E-state index in [0.29, 0.717) is 30.2 Å². The van der Waals surface area contributed by atoms with Crippen molar-refractivity contribution in [3.63, 3.8) is 0 Å². The number of hydrogen-bond acceptors (Lipinski definition) is 5. The quantitative estimate of drug-likeness (QED) is 0.709. The van der Waals surface area contributed by atoms with Crippen molar-refractivity contribution in [2.75, 3.05) is 13.1 Å². The van der Waals surface area contributed by atoms with Crippen molar-refractivity contribution in [1.29, 1.82) is 0 Å². The molecule has 1 fully saturated rings. The van der Waals surface area contributed by atoms with Crippen LogP contribution in [0.15, 0.2) is 35.2 Å². The third-order valence-corrected chi connectivity index (χ3v) is 5.03. The summed E-state index contributed by atoms with van der Waals surface area (Å²) in [6.07, 6.45) is 3.13. The summed E-state index contributed by atoms with van der Waals surface area (Å²) in [5.74, 6) is 0.362. The summed E-state index contributed by atoms with van der Waals surface area (Å²) in [7, 11) is 0. The van der Waals surface area contributed by atoms with Crippen LogP contribution in [0.25, 0.3) is 5.69 Å². The molecule has 1 saturated heterocycles. The largest absolute Gasteiger partial charge is 0.343 e. The van der Waals surface area contributed by atoms with Gasteiger partial charge < -0.3 is 9.42 Å². The minimum Gasteiger partial charge on any atom is -0.343 e. The molecule has 0 spiro atoms. The SMILES string of the molecule is Cc1nn(-c2ccc(F)cc2)c(C)c1C(=O)N1CCC[C@@H](c2ncon2)C1. The number of aromatic nitrogens is 4. The molecule has 3 heterocycles. The van der Waals surface area contributed by atoms with Crippen LogP contribution >= 0.6 is 0 Å². The molecule has 3 aromatic rings. The molecule has 4 rings (SSSR count). The Bertz CT molecular complexity index is 949. The van der Waals surface area contributed by atoms with E-state index in [-0.39, 0.29) is 17.6 Å². The van der Waals surface area contributed by atoms with Crippen LogP contribution in [0, 0.1) is 19.7 Å². The summed E-state index contributed by atoms with van der Waals surface area (Å²) in [4.78, 5) is 19.2. The van der Waals surface area contributed by atoms with Crippen LogP contribution in [0.1, 0.15) is 46.3 Å². The maximum Gasteiger partial charge on any atom is 0.257 e. The molecule has 1 aromatic carbocycles. The lowest BCUT2D eigenvalue weighted by Gasteiger charge is -2.31. The Balaban J connectivity index is 1.61. The number of aryl methyl sites for hydroxylation is 1. The van der Waals surface area contributed by atoms with Crippen LogP contribution in [0.2, 0.25) is 0 Å². The third kappa shape index (κ3) is 3.22. The molecule has 8 heteroatoms. The van der Waals surface area contributed by atoms with E-state index in [1.165, 1.54) is 18.5 Å². The Morgan fingerprint density at radius 2 is 2.04 bits per heavy atom. The highest BCUT2D eigenvalue weighted by molar-refractivity contribution is 5.96. The second kappa shape index (κ2) is 6.94. The van der Waals surface area contributed by atoms with Gasteiger partial charge in [-0.05, 0) is 51.0 Å². The molecule has 0 radical (unpaired) electrons. The fourth-order valence-electron chi connectivity index (χ4n) is 3.68. The number of halogens is 1. The van der Waals surface area contributed by atoms with Crippen molar-refractivity contribution >= 4 is 5.91 Å². The van der Waals surface area contributed by atoms with Crippen LogP contribution in [0.5, 0.6) is 0 Å². The Morgan fingerprint density at radius 1 is 1.26 bits per heavy atom. The van der Waals surface area contributed by atoms with Crippen molar-refractivity contribution < 1.29 is 13.7 Å². The summed E-state index contributed by atoms with van der Waals surface area (Å²) in [6, 6.07) is 6.06. The number of hydrogen-bond donors (Lipinski definition) is 0. The third-order valence-electron chi connectivity index (χ3n) is 5.03. The molecule has 0 saturated carbocycles. The van der Waals surface area contributed by atoms with E-state index >= 15 is 0 Å². The van der Waals surface area contributed by atoms with Gasteiger partial charge in [-0.25, -0.2) is 9.07 Å². The van der Waals surface area contributed by atoms with Gasteiger partial charge in [0.05, 0.1) is 22.6 Å². The molecule has 7 nitrogen and oxygen atoms in total. The van der Waals surface area contributed by atoms with Crippen LogP contribution in [-0.4, -0.2) is 43.8 Å². The fraction of sp³-hybridized carbons (Fsp3) is 0.368. The van der Waals surface area contributed by atoms with Gasteiger partial charge in [0.15, 0.2) is 5.82 Å². The van der Waals surface area contributed by atoms with E-state index in [1.54, 1.807) is 16.8 Å². The molecule has 1 aliphatic heterocycles. The van der Waals surface area contributed by atoms with Gasteiger partial charge in [0.25, 0.3) is 5.91 Å². The smallest absolute Gasteiger partial charge is 0.257 e. The van der Waals surface area contributed by atoms with Gasteiger partial charge in [-0.1, -0.05) is 5.16 Å². The predicted octanol–water partition coefficient (Wildman–Crippen LogP) is 3.03. The number of nitrogens with zero attached hydrogens (tertiary/aromatic N) is 5. The Morgan fingerprint density at radius 3 is 2.74 bits per heavy atom. The van der Waals surface area contributed by atoms with Gasteiger partial charge in [0, 0.05) is 19.0 Å². The van der Waals surface area contributed by atoms with Crippen LogP contribution in [-0.2, 0) is 0 Å². The fourth-order valence-corrected chi connectivity index (χ4v) is 3.68. The normalized spacial score (nSPS) is 17.3. The molecule has 0 N–H and O–H groups in total. The molecule has 0 bridgehead atoms. The summed E-state index contributed by atoms with van der Waals surface area (Å²) in [5.41, 5.74) is 2.71. The molecule has 0 aliphatic carbocycles. The number of carbonyl (C=O) groups excluding carboxylic acids is 1. The summed E-state index contributed by atoms with van der Waals surface area (Å²) in [6.45, 7) is 4.92. The van der Waals surface area contributed by atoms with Crippen LogP contribution in [0.4, 0.5) is 4.39 Å². The number of rotatable bonds is 3. The highest BCUT2D eigenvalue weighted by Crippen LogP contribution is 2.27. The average Bonchev–Trinajstić information content (AvgIpc) is 3.31. The summed E-state index contributed by atoms with van der Waals surface area (Å²) in [5, 5.41) is 8.42.